The van der Waals surface area contributed by atoms with Crippen molar-refractivity contribution < 1.29 is 19.1 Å². The minimum atomic E-state index is -1.20. The third kappa shape index (κ3) is 6.51. The first-order valence-electron chi connectivity index (χ1n) is 12.3. The number of methoxy groups -OCH3 is 1. The van der Waals surface area contributed by atoms with Gasteiger partial charge in [-0.05, 0) is 35.7 Å². The lowest BCUT2D eigenvalue weighted by atomic mass is 9.94. The van der Waals surface area contributed by atoms with Crippen LogP contribution in [-0.2, 0) is 20.8 Å². The van der Waals surface area contributed by atoms with E-state index in [2.05, 4.69) is 36.1 Å². The van der Waals surface area contributed by atoms with Gasteiger partial charge in [0.05, 0.1) is 18.7 Å². The number of hydrogen-bond donors (Lipinski definition) is 0. The van der Waals surface area contributed by atoms with E-state index in [1.807, 2.05) is 72.8 Å². The zero-order chi connectivity index (χ0) is 26.0. The molecule has 4 rings (SSSR count). The van der Waals surface area contributed by atoms with Gasteiger partial charge in [-0.15, -0.1) is 0 Å². The first-order valence-corrected chi connectivity index (χ1v) is 12.3. The Bertz CT molecular complexity index is 1260. The molecule has 3 atom stereocenters. The van der Waals surface area contributed by atoms with Gasteiger partial charge in [0.1, 0.15) is 0 Å². The van der Waals surface area contributed by atoms with Crippen molar-refractivity contribution in [1.29, 1.82) is 0 Å². The standard InChI is InChI=1S/C32H31NO4/c1-24(26-17-9-4-10-18-26)33(23-25-15-7-3-8-16-25)29(27-19-11-5-12-20-27)30(32(35)36-2)37-31(34)28-21-13-6-14-22-28/h3-22,24,29-30H,23H2,1-2H3/t24-,29?,30+/m1/s1. The van der Waals surface area contributed by atoms with Gasteiger partial charge in [-0.3, -0.25) is 4.90 Å². The quantitative estimate of drug-likeness (QED) is 0.240. The van der Waals surface area contributed by atoms with Crippen LogP contribution in [0.25, 0.3) is 0 Å². The fourth-order valence-corrected chi connectivity index (χ4v) is 4.50. The summed E-state index contributed by atoms with van der Waals surface area (Å²) in [5, 5.41) is 0. The van der Waals surface area contributed by atoms with E-state index >= 15 is 0 Å². The van der Waals surface area contributed by atoms with Crippen molar-refractivity contribution in [2.45, 2.75) is 31.7 Å². The average molecular weight is 494 g/mol. The molecule has 0 heterocycles. The third-order valence-corrected chi connectivity index (χ3v) is 6.45. The van der Waals surface area contributed by atoms with Gasteiger partial charge in [0, 0.05) is 12.6 Å². The van der Waals surface area contributed by atoms with Crippen LogP contribution in [0.2, 0.25) is 0 Å². The Morgan fingerprint density at radius 2 is 1.19 bits per heavy atom. The van der Waals surface area contributed by atoms with Crippen LogP contribution in [0.3, 0.4) is 0 Å². The molecule has 0 aromatic heterocycles. The van der Waals surface area contributed by atoms with E-state index in [1.165, 1.54) is 7.11 Å². The zero-order valence-corrected chi connectivity index (χ0v) is 21.1. The number of ether oxygens (including phenoxy) is 2. The molecule has 0 saturated heterocycles. The van der Waals surface area contributed by atoms with Crippen molar-refractivity contribution in [2.24, 2.45) is 0 Å². The smallest absolute Gasteiger partial charge is 0.349 e. The van der Waals surface area contributed by atoms with E-state index in [0.29, 0.717) is 12.1 Å². The van der Waals surface area contributed by atoms with E-state index in [0.717, 1.165) is 16.7 Å². The van der Waals surface area contributed by atoms with Gasteiger partial charge in [-0.1, -0.05) is 109 Å². The Morgan fingerprint density at radius 1 is 0.703 bits per heavy atom. The molecule has 0 saturated carbocycles. The fraction of sp³-hybridized carbons (Fsp3) is 0.188. The Hall–Kier alpha value is -4.22. The van der Waals surface area contributed by atoms with Gasteiger partial charge >= 0.3 is 11.9 Å². The van der Waals surface area contributed by atoms with Crippen LogP contribution in [0.1, 0.15) is 46.1 Å². The van der Waals surface area contributed by atoms with Crippen LogP contribution in [-0.4, -0.2) is 30.1 Å². The molecule has 0 aliphatic heterocycles. The summed E-state index contributed by atoms with van der Waals surface area (Å²) < 4.78 is 11.1. The molecule has 0 N–H and O–H groups in total. The normalized spacial score (nSPS) is 13.4. The van der Waals surface area contributed by atoms with Gasteiger partial charge in [-0.25, -0.2) is 9.59 Å². The number of hydrogen-bond acceptors (Lipinski definition) is 5. The minimum absolute atomic E-state index is 0.116. The summed E-state index contributed by atoms with van der Waals surface area (Å²) in [4.78, 5) is 28.7. The number of carbonyl (C=O) groups is 2. The highest BCUT2D eigenvalue weighted by molar-refractivity contribution is 5.91. The highest BCUT2D eigenvalue weighted by atomic mass is 16.6. The first kappa shape index (κ1) is 25.9. The van der Waals surface area contributed by atoms with Gasteiger partial charge in [0.2, 0.25) is 6.10 Å². The predicted octanol–water partition coefficient (Wildman–Crippen LogP) is 6.39. The second kappa shape index (κ2) is 12.7. The van der Waals surface area contributed by atoms with Crippen molar-refractivity contribution in [2.75, 3.05) is 7.11 Å². The van der Waals surface area contributed by atoms with Crippen LogP contribution >= 0.6 is 0 Å². The average Bonchev–Trinajstić information content (AvgIpc) is 2.97. The monoisotopic (exact) mass is 493 g/mol. The molecule has 5 nitrogen and oxygen atoms in total. The molecule has 0 aliphatic rings. The lowest BCUT2D eigenvalue weighted by Crippen LogP contribution is -2.44. The van der Waals surface area contributed by atoms with E-state index in [9.17, 15) is 9.59 Å². The summed E-state index contributed by atoms with van der Waals surface area (Å²) in [5.41, 5.74) is 3.37. The molecule has 1 unspecified atom stereocenters. The molecule has 0 spiro atoms. The van der Waals surface area contributed by atoms with Gasteiger partial charge < -0.3 is 9.47 Å². The van der Waals surface area contributed by atoms with Crippen LogP contribution < -0.4 is 0 Å². The highest BCUT2D eigenvalue weighted by Crippen LogP contribution is 2.36. The summed E-state index contributed by atoms with van der Waals surface area (Å²) in [6.07, 6.45) is -1.20. The van der Waals surface area contributed by atoms with Crippen LogP contribution in [0.4, 0.5) is 0 Å². The lowest BCUT2D eigenvalue weighted by Gasteiger charge is -2.40. The molecular weight excluding hydrogens is 462 g/mol. The van der Waals surface area contributed by atoms with Gasteiger partial charge in [-0.2, -0.15) is 0 Å². The largest absolute Gasteiger partial charge is 0.466 e. The zero-order valence-electron chi connectivity index (χ0n) is 21.1. The van der Waals surface area contributed by atoms with E-state index in [-0.39, 0.29) is 6.04 Å². The number of benzene rings is 4. The molecule has 4 aromatic carbocycles. The molecule has 5 heteroatoms. The maximum absolute atomic E-state index is 13.3. The molecule has 0 radical (unpaired) electrons. The molecule has 0 fully saturated rings. The van der Waals surface area contributed by atoms with Gasteiger partial charge in [0.25, 0.3) is 0 Å². The lowest BCUT2D eigenvalue weighted by molar-refractivity contribution is -0.156. The van der Waals surface area contributed by atoms with Crippen molar-refractivity contribution >= 4 is 11.9 Å². The van der Waals surface area contributed by atoms with Crippen molar-refractivity contribution in [3.8, 4) is 0 Å². The van der Waals surface area contributed by atoms with Crippen molar-refractivity contribution in [1.82, 2.24) is 4.90 Å². The van der Waals surface area contributed by atoms with Crippen LogP contribution in [0.15, 0.2) is 121 Å². The summed E-state index contributed by atoms with van der Waals surface area (Å²) >= 11 is 0. The number of carbonyl (C=O) groups excluding carboxylic acids is 2. The second-order valence-electron chi connectivity index (χ2n) is 8.82. The number of esters is 2. The maximum Gasteiger partial charge on any atom is 0.349 e. The fourth-order valence-electron chi connectivity index (χ4n) is 4.50. The summed E-state index contributed by atoms with van der Waals surface area (Å²) in [5.74, 6) is -1.19. The maximum atomic E-state index is 13.3. The van der Waals surface area contributed by atoms with Crippen molar-refractivity contribution in [3.63, 3.8) is 0 Å². The Labute approximate surface area is 218 Å². The third-order valence-electron chi connectivity index (χ3n) is 6.45. The van der Waals surface area contributed by atoms with E-state index < -0.39 is 24.1 Å². The second-order valence-corrected chi connectivity index (χ2v) is 8.82. The number of nitrogens with zero attached hydrogens (tertiary/aromatic N) is 1. The topological polar surface area (TPSA) is 55.8 Å². The van der Waals surface area contributed by atoms with Crippen LogP contribution in [0.5, 0.6) is 0 Å². The SMILES string of the molecule is COC(=O)[C@@H](OC(=O)c1ccccc1)C(c1ccccc1)N(Cc1ccccc1)[C@H](C)c1ccccc1. The number of rotatable bonds is 10. The molecule has 4 aromatic rings. The molecule has 188 valence electrons. The van der Waals surface area contributed by atoms with Gasteiger partial charge in [0.15, 0.2) is 0 Å². The first-order chi connectivity index (χ1) is 18.1. The van der Waals surface area contributed by atoms with E-state index in [4.69, 9.17) is 9.47 Å². The summed E-state index contributed by atoms with van der Waals surface area (Å²) in [6.45, 7) is 2.62. The van der Waals surface area contributed by atoms with Crippen LogP contribution in [0, 0.1) is 0 Å². The summed E-state index contributed by atoms with van der Waals surface area (Å²) in [7, 11) is 1.32. The Morgan fingerprint density at radius 3 is 1.73 bits per heavy atom. The summed E-state index contributed by atoms with van der Waals surface area (Å²) in [6, 6.07) is 37.8. The Balaban J connectivity index is 1.82. The molecule has 0 amide bonds. The minimum Gasteiger partial charge on any atom is -0.466 e. The highest BCUT2D eigenvalue weighted by Gasteiger charge is 2.40. The van der Waals surface area contributed by atoms with Crippen molar-refractivity contribution in [3.05, 3.63) is 144 Å². The Kier molecular flexibility index (Phi) is 8.84. The molecular formula is C32H31NO4. The molecule has 0 bridgehead atoms. The van der Waals surface area contributed by atoms with E-state index in [1.54, 1.807) is 24.3 Å². The predicted molar refractivity (Wildman–Crippen MR) is 144 cm³/mol. The molecule has 37 heavy (non-hydrogen) atoms. The molecule has 0 aliphatic carbocycles.